The lowest BCUT2D eigenvalue weighted by Gasteiger charge is -2.38. The number of aryl methyl sites for hydroxylation is 2. The van der Waals surface area contributed by atoms with Crippen LogP contribution in [0.25, 0.3) is 0 Å². The van der Waals surface area contributed by atoms with Gasteiger partial charge in [-0.25, -0.2) is 23.4 Å². The largest absolute Gasteiger partial charge is 0.365 e. The Balaban J connectivity index is 1.23. The van der Waals surface area contributed by atoms with Crippen LogP contribution in [-0.2, 0) is 11.3 Å². The first kappa shape index (κ1) is 21.4. The minimum Gasteiger partial charge on any atom is -0.365 e. The minimum atomic E-state index is -0.717. The molecule has 2 aromatic heterocycles. The summed E-state index contributed by atoms with van der Waals surface area (Å²) in [5, 5.41) is 8.28. The lowest BCUT2D eigenvalue weighted by molar-refractivity contribution is 0.0787. The van der Waals surface area contributed by atoms with E-state index >= 15 is 0 Å². The van der Waals surface area contributed by atoms with E-state index in [2.05, 4.69) is 20.2 Å². The van der Waals surface area contributed by atoms with Crippen LogP contribution in [0.5, 0.6) is 0 Å². The number of rotatable bonds is 4. The van der Waals surface area contributed by atoms with E-state index in [1.165, 1.54) is 12.1 Å². The molecule has 4 atom stereocenters. The Morgan fingerprint density at radius 1 is 1.09 bits per heavy atom. The van der Waals surface area contributed by atoms with Gasteiger partial charge >= 0.3 is 0 Å². The fourth-order valence-electron chi connectivity index (χ4n) is 5.61. The second-order valence-corrected chi connectivity index (χ2v) is 9.48. The maximum absolute atomic E-state index is 14.5. The van der Waals surface area contributed by atoms with Crippen molar-refractivity contribution in [3.05, 3.63) is 59.3 Å². The summed E-state index contributed by atoms with van der Waals surface area (Å²) in [7, 11) is 0. The van der Waals surface area contributed by atoms with Gasteiger partial charge in [0, 0.05) is 55.7 Å². The summed E-state index contributed by atoms with van der Waals surface area (Å²) in [4.78, 5) is 15.8. The second kappa shape index (κ2) is 8.57. The van der Waals surface area contributed by atoms with Crippen LogP contribution in [0.15, 0.2) is 30.6 Å². The zero-order chi connectivity index (χ0) is 23.2. The van der Waals surface area contributed by atoms with Crippen molar-refractivity contribution < 1.29 is 13.5 Å². The normalized spacial score (nSPS) is 26.3. The lowest BCUT2D eigenvalue weighted by Crippen LogP contribution is -2.48. The highest BCUT2D eigenvalue weighted by Crippen LogP contribution is 2.40. The lowest BCUT2D eigenvalue weighted by atomic mass is 9.92. The smallest absolute Gasteiger partial charge is 0.242 e. The minimum absolute atomic E-state index is 0.271. The van der Waals surface area contributed by atoms with Crippen molar-refractivity contribution in [2.75, 3.05) is 29.9 Å². The predicted molar refractivity (Wildman–Crippen MR) is 121 cm³/mol. The van der Waals surface area contributed by atoms with Crippen molar-refractivity contribution in [2.24, 2.45) is 11.8 Å². The highest BCUT2D eigenvalue weighted by atomic mass is 19.1. The van der Waals surface area contributed by atoms with Gasteiger partial charge in [-0.1, -0.05) is 6.07 Å². The van der Waals surface area contributed by atoms with Crippen LogP contribution in [0, 0.1) is 30.4 Å². The van der Waals surface area contributed by atoms with E-state index in [0.29, 0.717) is 36.8 Å². The molecular formula is C24H27F2N7O. The number of ether oxygens (including phenoxy) is 1. The van der Waals surface area contributed by atoms with E-state index < -0.39 is 17.7 Å². The van der Waals surface area contributed by atoms with E-state index in [9.17, 15) is 8.78 Å². The van der Waals surface area contributed by atoms with Crippen molar-refractivity contribution in [1.82, 2.24) is 24.7 Å². The van der Waals surface area contributed by atoms with Gasteiger partial charge in [0.1, 0.15) is 29.9 Å². The molecule has 2 aliphatic heterocycles. The Morgan fingerprint density at radius 3 is 2.68 bits per heavy atom. The molecule has 0 radical (unpaired) electrons. The third-order valence-corrected chi connectivity index (χ3v) is 7.22. The van der Waals surface area contributed by atoms with Crippen LogP contribution in [-0.4, -0.2) is 50.5 Å². The Morgan fingerprint density at radius 2 is 1.91 bits per heavy atom. The molecule has 178 valence electrons. The molecule has 0 amide bonds. The zero-order valence-corrected chi connectivity index (χ0v) is 19.0. The van der Waals surface area contributed by atoms with Crippen LogP contribution < -0.4 is 10.2 Å². The van der Waals surface area contributed by atoms with Crippen LogP contribution >= 0.6 is 0 Å². The van der Waals surface area contributed by atoms with Crippen molar-refractivity contribution in [1.29, 1.82) is 0 Å². The van der Waals surface area contributed by atoms with Gasteiger partial charge in [0.2, 0.25) is 5.95 Å². The Kier molecular flexibility index (Phi) is 5.40. The van der Waals surface area contributed by atoms with Gasteiger partial charge in [-0.3, -0.25) is 0 Å². The highest BCUT2D eigenvalue weighted by Gasteiger charge is 2.43. The molecule has 1 saturated heterocycles. The Labute approximate surface area is 196 Å². The molecule has 4 heterocycles. The van der Waals surface area contributed by atoms with Crippen LogP contribution in [0.2, 0.25) is 0 Å². The number of halogens is 2. The summed E-state index contributed by atoms with van der Waals surface area (Å²) < 4.78 is 35.7. The van der Waals surface area contributed by atoms with Gasteiger partial charge in [-0.15, -0.1) is 5.10 Å². The van der Waals surface area contributed by atoms with Crippen molar-refractivity contribution in [3.63, 3.8) is 0 Å². The van der Waals surface area contributed by atoms with Gasteiger partial charge < -0.3 is 15.0 Å². The number of fused-ring (bicyclic) bond motifs is 3. The molecule has 1 N–H and O–H groups in total. The van der Waals surface area contributed by atoms with Crippen molar-refractivity contribution >= 4 is 11.8 Å². The highest BCUT2D eigenvalue weighted by molar-refractivity contribution is 5.42. The average molecular weight is 468 g/mol. The molecule has 8 nitrogen and oxygen atoms in total. The molecule has 2 fully saturated rings. The van der Waals surface area contributed by atoms with Crippen LogP contribution in [0.3, 0.4) is 0 Å². The molecule has 3 aliphatic rings. The molecule has 1 saturated carbocycles. The number of piperidine rings is 1. The molecule has 34 heavy (non-hydrogen) atoms. The average Bonchev–Trinajstić information content (AvgIpc) is 3.22. The molecule has 1 aliphatic carbocycles. The van der Waals surface area contributed by atoms with E-state index in [1.807, 2.05) is 13.0 Å². The number of nitrogens with zero attached hydrogens (tertiary/aromatic N) is 6. The first-order valence-electron chi connectivity index (χ1n) is 11.9. The number of hydrogen-bond donors (Lipinski definition) is 1. The SMILES string of the molecule is Cc1cc(N2C[C@H]3CC[C@@H](C2)[C@@H]3Nc2nc3n(n2)CCCO[C@H]3c2ccc(F)cc2F)ncn1. The Bertz CT molecular complexity index is 1190. The first-order chi connectivity index (χ1) is 16.5. The summed E-state index contributed by atoms with van der Waals surface area (Å²) in [5.41, 5.74) is 1.24. The maximum atomic E-state index is 14.5. The number of nitrogens with one attached hydrogen (secondary N) is 1. The summed E-state index contributed by atoms with van der Waals surface area (Å²) in [6.07, 6.45) is 3.94. The molecular weight excluding hydrogens is 440 g/mol. The number of aromatic nitrogens is 5. The molecule has 6 rings (SSSR count). The van der Waals surface area contributed by atoms with Gasteiger partial charge in [-0.05, 0) is 44.1 Å². The van der Waals surface area contributed by atoms with E-state index in [-0.39, 0.29) is 11.6 Å². The van der Waals surface area contributed by atoms with Crippen molar-refractivity contribution in [3.8, 4) is 0 Å². The fraction of sp³-hybridized carbons (Fsp3) is 0.500. The molecule has 2 bridgehead atoms. The van der Waals surface area contributed by atoms with Gasteiger partial charge in [0.05, 0.1) is 0 Å². The van der Waals surface area contributed by atoms with Crippen LogP contribution in [0.4, 0.5) is 20.5 Å². The van der Waals surface area contributed by atoms with E-state index in [1.54, 1.807) is 11.0 Å². The third-order valence-electron chi connectivity index (χ3n) is 7.22. The fourth-order valence-corrected chi connectivity index (χ4v) is 5.61. The maximum Gasteiger partial charge on any atom is 0.242 e. The standard InChI is InChI=1S/C24H27F2N7O/c1-14-9-20(28-13-27-14)32-11-15-3-4-16(12-32)21(15)29-24-30-23-22(34-8-2-7-33(23)31-24)18-6-5-17(25)10-19(18)26/h5-6,9-10,13,15-16,21-22H,2-4,7-8,11-12H2,1H3,(H,29,31)/t15-,16+,21-,22-/m0/s1. The summed E-state index contributed by atoms with van der Waals surface area (Å²) in [5.74, 6) is 1.74. The summed E-state index contributed by atoms with van der Waals surface area (Å²) in [6.45, 7) is 4.93. The monoisotopic (exact) mass is 467 g/mol. The summed E-state index contributed by atoms with van der Waals surface area (Å²) in [6, 6.07) is 5.87. The summed E-state index contributed by atoms with van der Waals surface area (Å²) >= 11 is 0. The van der Waals surface area contributed by atoms with Gasteiger partial charge in [-0.2, -0.15) is 4.98 Å². The van der Waals surface area contributed by atoms with E-state index in [4.69, 9.17) is 14.8 Å². The number of hydrogen-bond acceptors (Lipinski definition) is 7. The number of benzene rings is 1. The molecule has 0 spiro atoms. The second-order valence-electron chi connectivity index (χ2n) is 9.48. The van der Waals surface area contributed by atoms with Crippen molar-refractivity contribution in [2.45, 2.75) is 44.9 Å². The number of anilines is 2. The first-order valence-corrected chi connectivity index (χ1v) is 11.9. The van der Waals surface area contributed by atoms with Crippen LogP contribution in [0.1, 0.15) is 42.4 Å². The van der Waals surface area contributed by atoms with E-state index in [0.717, 1.165) is 49.9 Å². The Hall–Kier alpha value is -3.14. The quantitative estimate of drug-likeness (QED) is 0.629. The third kappa shape index (κ3) is 3.89. The topological polar surface area (TPSA) is 81.0 Å². The van der Waals surface area contributed by atoms with Gasteiger partial charge in [0.15, 0.2) is 5.82 Å². The molecule has 1 aromatic carbocycles. The predicted octanol–water partition coefficient (Wildman–Crippen LogP) is 3.49. The van der Waals surface area contributed by atoms with Gasteiger partial charge in [0.25, 0.3) is 0 Å². The molecule has 0 unspecified atom stereocenters. The zero-order valence-electron chi connectivity index (χ0n) is 19.0. The molecule has 10 heteroatoms. The molecule has 3 aromatic rings.